The Bertz CT molecular complexity index is 251. The minimum absolute atomic E-state index is 0.838. The molecule has 2 bridgehead atoms. The lowest BCUT2D eigenvalue weighted by molar-refractivity contribution is 0.309. The Hall–Kier alpha value is 0.230. The maximum absolute atomic E-state index is 2.51. The van der Waals surface area contributed by atoms with E-state index in [9.17, 15) is 0 Å². The maximum atomic E-state index is 2.51. The summed E-state index contributed by atoms with van der Waals surface area (Å²) in [5.74, 6) is 1.80. The van der Waals surface area contributed by atoms with E-state index in [2.05, 4.69) is 44.0 Å². The molecule has 2 fully saturated rings. The Morgan fingerprint density at radius 2 is 2.33 bits per heavy atom. The maximum Gasteiger partial charge on any atom is 0.0366 e. The van der Waals surface area contributed by atoms with Crippen molar-refractivity contribution in [2.45, 2.75) is 12.5 Å². The average Bonchev–Trinajstić information content (AvgIpc) is 2.60. The van der Waals surface area contributed by atoms with Crippen molar-refractivity contribution in [1.29, 1.82) is 0 Å². The van der Waals surface area contributed by atoms with Crippen LogP contribution in [-0.2, 0) is 0 Å². The Morgan fingerprint density at radius 3 is 3.08 bits per heavy atom. The molecule has 3 rings (SSSR count). The van der Waals surface area contributed by atoms with Crippen LogP contribution in [0.2, 0.25) is 0 Å². The molecule has 0 aromatic heterocycles. The molecule has 0 radical (unpaired) electrons. The molecule has 3 aliphatic rings. The Labute approximate surface area is 87.1 Å². The van der Waals surface area contributed by atoms with Gasteiger partial charge in [0, 0.05) is 66.6 Å². The summed E-state index contributed by atoms with van der Waals surface area (Å²) in [6, 6.07) is 0.838. The summed E-state index contributed by atoms with van der Waals surface area (Å²) < 4.78 is 2.45. The van der Waals surface area contributed by atoms with Crippen LogP contribution in [0.15, 0.2) is 11.8 Å². The summed E-state index contributed by atoms with van der Waals surface area (Å²) in [5, 5.41) is 0. The number of hydrogen-bond acceptors (Lipinski definition) is 2. The molecule has 12 heavy (non-hydrogen) atoms. The fraction of sp³-hybridized carbons (Fsp3) is 0.778. The van der Waals surface area contributed by atoms with E-state index in [0.29, 0.717) is 0 Å². The van der Waals surface area contributed by atoms with E-state index in [-0.39, 0.29) is 0 Å². The van der Waals surface area contributed by atoms with Gasteiger partial charge in [0.2, 0.25) is 0 Å². The van der Waals surface area contributed by atoms with E-state index in [4.69, 9.17) is 0 Å². The highest BCUT2D eigenvalue weighted by Crippen LogP contribution is 2.48. The van der Waals surface area contributed by atoms with Crippen LogP contribution in [0, 0.1) is 11.8 Å². The first-order valence-electron chi connectivity index (χ1n) is 4.61. The molecule has 3 aliphatic heterocycles. The predicted octanol–water partition coefficient (Wildman–Crippen LogP) is 1.49. The molecule has 0 aliphatic carbocycles. The molecule has 2 saturated heterocycles. The molecule has 0 amide bonds. The monoisotopic (exact) mass is 276 g/mol. The zero-order valence-electron chi connectivity index (χ0n) is 7.20. The highest BCUT2D eigenvalue weighted by molar-refractivity contribution is 14.1. The van der Waals surface area contributed by atoms with Crippen molar-refractivity contribution in [2.75, 3.05) is 20.1 Å². The van der Waals surface area contributed by atoms with E-state index in [0.717, 1.165) is 17.9 Å². The average molecular weight is 276 g/mol. The summed E-state index contributed by atoms with van der Waals surface area (Å²) in [7, 11) is 2.26. The number of rotatable bonds is 0. The van der Waals surface area contributed by atoms with Gasteiger partial charge in [-0.1, -0.05) is 6.08 Å². The number of nitrogens with zero attached hydrogens (tertiary/aromatic N) is 2. The third kappa shape index (κ3) is 0.789. The fourth-order valence-electron chi connectivity index (χ4n) is 3.09. The highest BCUT2D eigenvalue weighted by Gasteiger charge is 2.50. The second-order valence-corrected chi connectivity index (χ2v) is 5.51. The van der Waals surface area contributed by atoms with Gasteiger partial charge in [-0.25, -0.2) is 3.11 Å². The summed E-state index contributed by atoms with van der Waals surface area (Å²) in [4.78, 5) is 2.51. The van der Waals surface area contributed by atoms with Gasteiger partial charge >= 0.3 is 0 Å². The van der Waals surface area contributed by atoms with Crippen LogP contribution in [0.3, 0.4) is 0 Å². The van der Waals surface area contributed by atoms with Gasteiger partial charge in [-0.05, 0) is 6.42 Å². The largest absolute Gasteiger partial charge is 0.374 e. The van der Waals surface area contributed by atoms with Crippen molar-refractivity contribution < 1.29 is 0 Å². The summed E-state index contributed by atoms with van der Waals surface area (Å²) in [6.45, 7) is 2.58. The molecule has 0 aromatic carbocycles. The summed E-state index contributed by atoms with van der Waals surface area (Å²) in [6.07, 6.45) is 3.75. The van der Waals surface area contributed by atoms with Crippen molar-refractivity contribution in [3.05, 3.63) is 11.8 Å². The quantitative estimate of drug-likeness (QED) is 0.488. The highest BCUT2D eigenvalue weighted by atomic mass is 127. The van der Waals surface area contributed by atoms with Crippen LogP contribution in [0.5, 0.6) is 0 Å². The predicted molar refractivity (Wildman–Crippen MR) is 56.8 cm³/mol. The van der Waals surface area contributed by atoms with Gasteiger partial charge in [0.15, 0.2) is 0 Å². The van der Waals surface area contributed by atoms with Crippen LogP contribution in [0.25, 0.3) is 0 Å². The molecular weight excluding hydrogens is 263 g/mol. The Kier molecular flexibility index (Phi) is 1.51. The lowest BCUT2D eigenvalue weighted by Crippen LogP contribution is -2.28. The normalized spacial score (nSPS) is 45.3. The van der Waals surface area contributed by atoms with Crippen LogP contribution in [0.4, 0.5) is 0 Å². The molecule has 66 valence electrons. The summed E-state index contributed by atoms with van der Waals surface area (Å²) in [5.41, 5.74) is 1.63. The molecule has 3 heterocycles. The molecule has 3 heteroatoms. The first kappa shape index (κ1) is 7.62. The number of fused-ring (bicyclic) bond motifs is 5. The second-order valence-electron chi connectivity index (χ2n) is 4.14. The zero-order chi connectivity index (χ0) is 8.29. The lowest BCUT2D eigenvalue weighted by atomic mass is 9.87. The van der Waals surface area contributed by atoms with Crippen molar-refractivity contribution in [3.63, 3.8) is 0 Å². The lowest BCUT2D eigenvalue weighted by Gasteiger charge is -2.21. The fourth-order valence-corrected chi connectivity index (χ4v) is 3.97. The SMILES string of the molecule is CN1C2=CC[C@@H]1[C@@H]1CN(I)C[C@H]21. The van der Waals surface area contributed by atoms with Gasteiger partial charge in [0.25, 0.3) is 0 Å². The van der Waals surface area contributed by atoms with Crippen molar-refractivity contribution in [2.24, 2.45) is 11.8 Å². The number of hydrogen-bond donors (Lipinski definition) is 0. The van der Waals surface area contributed by atoms with Gasteiger partial charge in [0.05, 0.1) is 0 Å². The molecule has 0 unspecified atom stereocenters. The van der Waals surface area contributed by atoms with Gasteiger partial charge in [-0.2, -0.15) is 0 Å². The van der Waals surface area contributed by atoms with Crippen molar-refractivity contribution >= 4 is 22.9 Å². The first-order valence-corrected chi connectivity index (χ1v) is 5.57. The molecule has 0 saturated carbocycles. The van der Waals surface area contributed by atoms with E-state index in [1.54, 1.807) is 5.70 Å². The van der Waals surface area contributed by atoms with E-state index in [1.165, 1.54) is 19.5 Å². The minimum atomic E-state index is 0.838. The third-order valence-electron chi connectivity index (χ3n) is 3.67. The molecule has 2 nitrogen and oxygen atoms in total. The standard InChI is InChI=1S/C9H13IN2/c1-11-8-2-3-9(11)7-5-12(10)4-6(7)8/h2,6-7,9H,3-5H2,1H3/t6-,7+,9+/m0/s1. The van der Waals surface area contributed by atoms with Crippen molar-refractivity contribution in [1.82, 2.24) is 8.01 Å². The molecule has 0 aromatic rings. The summed E-state index contributed by atoms with van der Waals surface area (Å²) >= 11 is 2.46. The van der Waals surface area contributed by atoms with E-state index in [1.807, 2.05) is 0 Å². The molecule has 0 N–H and O–H groups in total. The zero-order valence-corrected chi connectivity index (χ0v) is 9.36. The Balaban J connectivity index is 1.96. The first-order chi connectivity index (χ1) is 5.77. The van der Waals surface area contributed by atoms with Crippen LogP contribution in [-0.4, -0.2) is 34.2 Å². The number of halogens is 1. The van der Waals surface area contributed by atoms with Gasteiger partial charge < -0.3 is 4.90 Å². The van der Waals surface area contributed by atoms with Crippen molar-refractivity contribution in [3.8, 4) is 0 Å². The third-order valence-corrected chi connectivity index (χ3v) is 4.46. The molecule has 0 spiro atoms. The minimum Gasteiger partial charge on any atom is -0.374 e. The van der Waals surface area contributed by atoms with Crippen LogP contribution < -0.4 is 0 Å². The Morgan fingerprint density at radius 1 is 1.50 bits per heavy atom. The van der Waals surface area contributed by atoms with Crippen LogP contribution >= 0.6 is 22.9 Å². The van der Waals surface area contributed by atoms with Gasteiger partial charge in [0.1, 0.15) is 0 Å². The van der Waals surface area contributed by atoms with Gasteiger partial charge in [-0.15, -0.1) is 0 Å². The molecular formula is C9H13IN2. The topological polar surface area (TPSA) is 6.48 Å². The van der Waals surface area contributed by atoms with E-state index < -0.39 is 0 Å². The molecule has 3 atom stereocenters. The smallest absolute Gasteiger partial charge is 0.0366 e. The van der Waals surface area contributed by atoms with Crippen LogP contribution in [0.1, 0.15) is 6.42 Å². The van der Waals surface area contributed by atoms with E-state index >= 15 is 0 Å². The second kappa shape index (κ2) is 2.38. The van der Waals surface area contributed by atoms with Gasteiger partial charge in [-0.3, -0.25) is 0 Å².